The molecule has 0 aliphatic carbocycles. The van der Waals surface area contributed by atoms with E-state index >= 15 is 0 Å². The van der Waals surface area contributed by atoms with Gasteiger partial charge in [0, 0.05) is 25.8 Å². The summed E-state index contributed by atoms with van der Waals surface area (Å²) in [6.07, 6.45) is 0. The van der Waals surface area contributed by atoms with Crippen molar-refractivity contribution in [3.8, 4) is 23.0 Å². The largest absolute Gasteiger partial charge is 0.497 e. The Kier molecular flexibility index (Phi) is 5.20. The Labute approximate surface area is 162 Å². The third kappa shape index (κ3) is 2.69. The second kappa shape index (κ2) is 7.31. The van der Waals surface area contributed by atoms with E-state index in [1.165, 1.54) is 47.7 Å². The summed E-state index contributed by atoms with van der Waals surface area (Å²) in [5, 5.41) is 11.3. The van der Waals surface area contributed by atoms with E-state index in [2.05, 4.69) is 0 Å². The highest BCUT2D eigenvalue weighted by atomic mass is 16.8. The fourth-order valence-electron chi connectivity index (χ4n) is 3.28. The highest BCUT2D eigenvalue weighted by Crippen LogP contribution is 2.48. The zero-order valence-corrected chi connectivity index (χ0v) is 16.3. The van der Waals surface area contributed by atoms with Crippen molar-refractivity contribution in [2.24, 2.45) is 0 Å². The maximum Gasteiger partial charge on any atom is 0.304 e. The van der Waals surface area contributed by atoms with Gasteiger partial charge < -0.3 is 33.5 Å². The number of aliphatic hydroxyl groups is 1. The molecule has 0 bridgehead atoms. The van der Waals surface area contributed by atoms with Gasteiger partial charge in [-0.25, -0.2) is 0 Å². The monoisotopic (exact) mass is 390 g/mol. The van der Waals surface area contributed by atoms with Crippen LogP contribution in [0.5, 0.6) is 23.0 Å². The molecule has 0 spiro atoms. The van der Waals surface area contributed by atoms with Gasteiger partial charge >= 0.3 is 5.79 Å². The predicted octanol–water partition coefficient (Wildman–Crippen LogP) is 2.12. The summed E-state index contributed by atoms with van der Waals surface area (Å²) in [5.41, 5.74) is 0.428. The first-order valence-electron chi connectivity index (χ1n) is 8.37. The number of rotatable bonds is 6. The topological polar surface area (TPSA) is 92.7 Å². The van der Waals surface area contributed by atoms with Gasteiger partial charge in [-0.15, -0.1) is 0 Å². The SMILES string of the molecule is COc1ccc2c(c1)OC(OC)(c1ccc(OC)c(OC)c1)C(O)(OC)C2=O. The van der Waals surface area contributed by atoms with Crippen LogP contribution in [0.25, 0.3) is 0 Å². The van der Waals surface area contributed by atoms with E-state index in [9.17, 15) is 9.90 Å². The maximum atomic E-state index is 13.2. The lowest BCUT2D eigenvalue weighted by molar-refractivity contribution is -0.346. The number of fused-ring (bicyclic) bond motifs is 1. The van der Waals surface area contributed by atoms with E-state index in [0.717, 1.165) is 0 Å². The number of ether oxygens (including phenoxy) is 6. The van der Waals surface area contributed by atoms with Crippen LogP contribution >= 0.6 is 0 Å². The van der Waals surface area contributed by atoms with Gasteiger partial charge in [-0.05, 0) is 30.3 Å². The Bertz CT molecular complexity index is 896. The lowest BCUT2D eigenvalue weighted by Crippen LogP contribution is -2.64. The molecule has 2 unspecified atom stereocenters. The molecule has 1 heterocycles. The van der Waals surface area contributed by atoms with Crippen LogP contribution in [-0.4, -0.2) is 52.2 Å². The zero-order valence-electron chi connectivity index (χ0n) is 16.3. The zero-order chi connectivity index (χ0) is 20.5. The molecule has 1 aliphatic heterocycles. The van der Waals surface area contributed by atoms with Crippen molar-refractivity contribution >= 4 is 5.78 Å². The Balaban J connectivity index is 2.26. The number of carbonyl (C=O) groups excluding carboxylic acids is 1. The lowest BCUT2D eigenvalue weighted by atomic mass is 9.86. The number of benzene rings is 2. The van der Waals surface area contributed by atoms with Crippen molar-refractivity contribution < 1.29 is 38.3 Å². The molecule has 0 saturated carbocycles. The minimum absolute atomic E-state index is 0.137. The van der Waals surface area contributed by atoms with Gasteiger partial charge in [0.05, 0.1) is 26.9 Å². The summed E-state index contributed by atoms with van der Waals surface area (Å²) >= 11 is 0. The Hall–Kier alpha value is -2.81. The van der Waals surface area contributed by atoms with Crippen LogP contribution in [0.4, 0.5) is 0 Å². The molecule has 8 nitrogen and oxygen atoms in total. The van der Waals surface area contributed by atoms with E-state index in [0.29, 0.717) is 22.8 Å². The third-order valence-corrected chi connectivity index (χ3v) is 4.79. The molecule has 2 atom stereocenters. The van der Waals surface area contributed by atoms with Crippen LogP contribution < -0.4 is 18.9 Å². The number of carbonyl (C=O) groups is 1. The van der Waals surface area contributed by atoms with E-state index in [-0.39, 0.29) is 11.3 Å². The van der Waals surface area contributed by atoms with Crippen LogP contribution in [0.1, 0.15) is 15.9 Å². The van der Waals surface area contributed by atoms with Gasteiger partial charge in [-0.2, -0.15) is 0 Å². The van der Waals surface area contributed by atoms with Gasteiger partial charge in [-0.3, -0.25) is 4.79 Å². The number of methoxy groups -OCH3 is 5. The summed E-state index contributed by atoms with van der Waals surface area (Å²) in [5.74, 6) is -3.68. The molecule has 0 amide bonds. The molecule has 0 radical (unpaired) electrons. The first kappa shape index (κ1) is 19.9. The molecule has 8 heteroatoms. The number of Topliss-reactive ketones (excluding diaryl/α,β-unsaturated/α-hetero) is 1. The second-order valence-electron chi connectivity index (χ2n) is 6.03. The van der Waals surface area contributed by atoms with Gasteiger partial charge in [-0.1, -0.05) is 0 Å². The molecular weight excluding hydrogens is 368 g/mol. The van der Waals surface area contributed by atoms with E-state index in [1.807, 2.05) is 0 Å². The number of hydrogen-bond acceptors (Lipinski definition) is 8. The average Bonchev–Trinajstić information content (AvgIpc) is 2.75. The first-order valence-corrected chi connectivity index (χ1v) is 8.37. The summed E-state index contributed by atoms with van der Waals surface area (Å²) in [6, 6.07) is 9.37. The summed E-state index contributed by atoms with van der Waals surface area (Å²) in [6.45, 7) is 0. The van der Waals surface area contributed by atoms with Crippen LogP contribution in [0.3, 0.4) is 0 Å². The second-order valence-corrected chi connectivity index (χ2v) is 6.03. The third-order valence-electron chi connectivity index (χ3n) is 4.79. The van der Waals surface area contributed by atoms with E-state index in [1.54, 1.807) is 24.3 Å². The summed E-state index contributed by atoms with van der Waals surface area (Å²) in [7, 11) is 6.97. The van der Waals surface area contributed by atoms with E-state index in [4.69, 9.17) is 28.4 Å². The smallest absolute Gasteiger partial charge is 0.304 e. The lowest BCUT2D eigenvalue weighted by Gasteiger charge is -2.46. The van der Waals surface area contributed by atoms with Gasteiger partial charge in [0.1, 0.15) is 11.5 Å². The molecule has 0 fully saturated rings. The minimum Gasteiger partial charge on any atom is -0.497 e. The van der Waals surface area contributed by atoms with Crippen LogP contribution in [0, 0.1) is 0 Å². The number of hydrogen-bond donors (Lipinski definition) is 1. The van der Waals surface area contributed by atoms with Crippen molar-refractivity contribution in [1.29, 1.82) is 0 Å². The molecule has 0 aromatic heterocycles. The van der Waals surface area contributed by atoms with Crippen molar-refractivity contribution in [1.82, 2.24) is 0 Å². The van der Waals surface area contributed by atoms with Gasteiger partial charge in [0.15, 0.2) is 11.5 Å². The fourth-order valence-corrected chi connectivity index (χ4v) is 3.28. The molecule has 150 valence electrons. The quantitative estimate of drug-likeness (QED) is 0.750. The van der Waals surface area contributed by atoms with Crippen LogP contribution in [0.2, 0.25) is 0 Å². The molecule has 1 N–H and O–H groups in total. The number of ketones is 1. The molecule has 2 aromatic rings. The minimum atomic E-state index is -2.46. The molecule has 28 heavy (non-hydrogen) atoms. The normalized spacial score (nSPS) is 23.6. The molecule has 0 saturated heterocycles. The molecule has 3 rings (SSSR count). The van der Waals surface area contributed by atoms with Crippen LogP contribution in [0.15, 0.2) is 36.4 Å². The van der Waals surface area contributed by atoms with Crippen LogP contribution in [-0.2, 0) is 15.3 Å². The maximum absolute atomic E-state index is 13.2. The Morgan fingerprint density at radius 2 is 1.57 bits per heavy atom. The molecule has 1 aliphatic rings. The Morgan fingerprint density at radius 1 is 0.857 bits per heavy atom. The van der Waals surface area contributed by atoms with Crippen molar-refractivity contribution in [2.45, 2.75) is 11.6 Å². The summed E-state index contributed by atoms with van der Waals surface area (Å²) < 4.78 is 32.7. The average molecular weight is 390 g/mol. The highest BCUT2D eigenvalue weighted by Gasteiger charge is 2.65. The Morgan fingerprint density at radius 3 is 2.14 bits per heavy atom. The first-order chi connectivity index (χ1) is 13.4. The van der Waals surface area contributed by atoms with Gasteiger partial charge in [0.25, 0.3) is 5.79 Å². The van der Waals surface area contributed by atoms with Crippen molar-refractivity contribution in [2.75, 3.05) is 35.5 Å². The predicted molar refractivity (Wildman–Crippen MR) is 98.1 cm³/mol. The van der Waals surface area contributed by atoms with Crippen molar-refractivity contribution in [3.05, 3.63) is 47.5 Å². The van der Waals surface area contributed by atoms with Gasteiger partial charge in [0.2, 0.25) is 5.78 Å². The molecular formula is C20H22O8. The molecule has 2 aromatic carbocycles. The standard InChI is InChI=1S/C20H22O8/c1-23-13-7-8-14-16(11-13)28-20(27-5,19(22,26-4)18(14)21)12-6-9-15(24-2)17(10-12)25-3/h6-11,22H,1-5H3. The highest BCUT2D eigenvalue weighted by molar-refractivity contribution is 6.05. The fraction of sp³-hybridized carbons (Fsp3) is 0.350. The summed E-state index contributed by atoms with van der Waals surface area (Å²) in [4.78, 5) is 13.2. The van der Waals surface area contributed by atoms with Crippen molar-refractivity contribution in [3.63, 3.8) is 0 Å². The van der Waals surface area contributed by atoms with E-state index < -0.39 is 17.4 Å².